The minimum atomic E-state index is 0.0685. The summed E-state index contributed by atoms with van der Waals surface area (Å²) in [6.45, 7) is 6.88. The molecular formula is C19H22N6O. The molecule has 3 aromatic rings. The van der Waals surface area contributed by atoms with E-state index in [0.717, 1.165) is 50.3 Å². The molecule has 2 aromatic heterocycles. The molecule has 1 amide bonds. The number of carbonyl (C=O) groups excluding carboxylic acids is 1. The zero-order valence-corrected chi connectivity index (χ0v) is 14.9. The average Bonchev–Trinajstić information content (AvgIpc) is 3.11. The van der Waals surface area contributed by atoms with Gasteiger partial charge in [0.2, 0.25) is 0 Å². The second-order valence-electron chi connectivity index (χ2n) is 6.54. The van der Waals surface area contributed by atoms with Crippen LogP contribution in [0.4, 0.5) is 0 Å². The second kappa shape index (κ2) is 7.21. The van der Waals surface area contributed by atoms with E-state index in [2.05, 4.69) is 26.3 Å². The third-order valence-corrected chi connectivity index (χ3v) is 4.85. The van der Waals surface area contributed by atoms with Gasteiger partial charge >= 0.3 is 0 Å². The summed E-state index contributed by atoms with van der Waals surface area (Å²) >= 11 is 0. The van der Waals surface area contributed by atoms with Gasteiger partial charge in [0.05, 0.1) is 5.52 Å². The maximum absolute atomic E-state index is 12.8. The Balaban J connectivity index is 1.40. The number of nitrogens with zero attached hydrogens (tertiary/aromatic N) is 6. The number of aryl methyl sites for hydroxylation is 1. The number of benzene rings is 1. The molecule has 0 atom stereocenters. The van der Waals surface area contributed by atoms with Crippen LogP contribution in [0.3, 0.4) is 0 Å². The van der Waals surface area contributed by atoms with Gasteiger partial charge in [-0.3, -0.25) is 14.7 Å². The predicted molar refractivity (Wildman–Crippen MR) is 98.6 cm³/mol. The number of amides is 1. The van der Waals surface area contributed by atoms with Gasteiger partial charge in [-0.15, -0.1) is 5.10 Å². The van der Waals surface area contributed by atoms with Crippen molar-refractivity contribution in [2.45, 2.75) is 20.0 Å². The predicted octanol–water partition coefficient (Wildman–Crippen LogP) is 1.80. The van der Waals surface area contributed by atoms with Crippen LogP contribution >= 0.6 is 0 Å². The van der Waals surface area contributed by atoms with Gasteiger partial charge in [0.25, 0.3) is 5.91 Å². The average molecular weight is 350 g/mol. The van der Waals surface area contributed by atoms with Crippen LogP contribution in [0.25, 0.3) is 11.0 Å². The summed E-state index contributed by atoms with van der Waals surface area (Å²) in [5.74, 6) is 0.0685. The normalized spacial score (nSPS) is 15.5. The molecule has 1 saturated heterocycles. The van der Waals surface area contributed by atoms with Crippen molar-refractivity contribution in [3.63, 3.8) is 0 Å². The molecule has 4 rings (SSSR count). The van der Waals surface area contributed by atoms with E-state index in [1.807, 2.05) is 47.0 Å². The number of carbonyl (C=O) groups is 1. The van der Waals surface area contributed by atoms with Gasteiger partial charge < -0.3 is 4.90 Å². The third kappa shape index (κ3) is 3.30. The fourth-order valence-electron chi connectivity index (χ4n) is 3.38. The van der Waals surface area contributed by atoms with Gasteiger partial charge in [-0.25, -0.2) is 4.68 Å². The molecule has 7 heteroatoms. The van der Waals surface area contributed by atoms with Crippen molar-refractivity contribution in [3.05, 3.63) is 53.9 Å². The molecule has 0 saturated carbocycles. The Bertz CT molecular complexity index is 899. The van der Waals surface area contributed by atoms with Gasteiger partial charge in [-0.1, -0.05) is 11.3 Å². The van der Waals surface area contributed by atoms with E-state index in [1.54, 1.807) is 6.20 Å². The van der Waals surface area contributed by atoms with Crippen molar-refractivity contribution in [3.8, 4) is 0 Å². The van der Waals surface area contributed by atoms with E-state index in [1.165, 1.54) is 5.56 Å². The first-order valence-electron chi connectivity index (χ1n) is 8.98. The highest BCUT2D eigenvalue weighted by molar-refractivity contribution is 5.97. The molecule has 7 nitrogen and oxygen atoms in total. The summed E-state index contributed by atoms with van der Waals surface area (Å²) in [7, 11) is 0. The van der Waals surface area contributed by atoms with Gasteiger partial charge in [-0.05, 0) is 36.8 Å². The van der Waals surface area contributed by atoms with Crippen molar-refractivity contribution in [2.75, 3.05) is 26.2 Å². The highest BCUT2D eigenvalue weighted by atomic mass is 16.2. The summed E-state index contributed by atoms with van der Waals surface area (Å²) in [6, 6.07) is 9.70. The van der Waals surface area contributed by atoms with E-state index in [9.17, 15) is 4.79 Å². The van der Waals surface area contributed by atoms with E-state index in [4.69, 9.17) is 0 Å². The van der Waals surface area contributed by atoms with Gasteiger partial charge in [0.15, 0.2) is 0 Å². The monoisotopic (exact) mass is 350 g/mol. The van der Waals surface area contributed by atoms with Crippen molar-refractivity contribution in [1.82, 2.24) is 29.8 Å². The molecule has 26 heavy (non-hydrogen) atoms. The van der Waals surface area contributed by atoms with Crippen molar-refractivity contribution in [1.29, 1.82) is 0 Å². The highest BCUT2D eigenvalue weighted by Gasteiger charge is 2.22. The molecule has 0 bridgehead atoms. The zero-order chi connectivity index (χ0) is 17.9. The summed E-state index contributed by atoms with van der Waals surface area (Å²) in [5, 5.41) is 8.27. The molecule has 1 aliphatic rings. The fourth-order valence-corrected chi connectivity index (χ4v) is 3.38. The van der Waals surface area contributed by atoms with E-state index >= 15 is 0 Å². The topological polar surface area (TPSA) is 67.2 Å². The minimum Gasteiger partial charge on any atom is -0.336 e. The maximum Gasteiger partial charge on any atom is 0.254 e. The Labute approximate surface area is 152 Å². The van der Waals surface area contributed by atoms with E-state index in [-0.39, 0.29) is 5.91 Å². The number of aromatic nitrogens is 4. The first kappa shape index (κ1) is 16.7. The smallest absolute Gasteiger partial charge is 0.254 e. The summed E-state index contributed by atoms with van der Waals surface area (Å²) in [5.41, 5.74) is 3.62. The van der Waals surface area contributed by atoms with Crippen molar-refractivity contribution >= 4 is 16.9 Å². The molecular weight excluding hydrogens is 328 g/mol. The third-order valence-electron chi connectivity index (χ3n) is 4.85. The van der Waals surface area contributed by atoms with Crippen LogP contribution in [0, 0.1) is 0 Å². The lowest BCUT2D eigenvalue weighted by Crippen LogP contribution is -2.48. The molecule has 1 aromatic carbocycles. The van der Waals surface area contributed by atoms with Crippen LogP contribution < -0.4 is 0 Å². The minimum absolute atomic E-state index is 0.0685. The lowest BCUT2D eigenvalue weighted by molar-refractivity contribution is 0.0628. The molecule has 0 radical (unpaired) electrons. The Kier molecular flexibility index (Phi) is 4.62. The van der Waals surface area contributed by atoms with E-state index < -0.39 is 0 Å². The number of pyridine rings is 1. The quantitative estimate of drug-likeness (QED) is 0.718. The van der Waals surface area contributed by atoms with Crippen LogP contribution in [0.15, 0.2) is 42.7 Å². The largest absolute Gasteiger partial charge is 0.336 e. The maximum atomic E-state index is 12.8. The number of hydrogen-bond donors (Lipinski definition) is 0. The second-order valence-corrected chi connectivity index (χ2v) is 6.54. The molecule has 3 heterocycles. The molecule has 1 aliphatic heterocycles. The Morgan fingerprint density at radius 1 is 1.15 bits per heavy atom. The lowest BCUT2D eigenvalue weighted by Gasteiger charge is -2.34. The zero-order valence-electron chi connectivity index (χ0n) is 14.9. The van der Waals surface area contributed by atoms with Crippen molar-refractivity contribution in [2.24, 2.45) is 0 Å². The molecule has 134 valence electrons. The van der Waals surface area contributed by atoms with Gasteiger partial charge in [-0.2, -0.15) is 0 Å². The number of fused-ring (bicyclic) bond motifs is 1. The van der Waals surface area contributed by atoms with Gasteiger partial charge in [0.1, 0.15) is 5.52 Å². The summed E-state index contributed by atoms with van der Waals surface area (Å²) in [6.07, 6.45) is 3.69. The van der Waals surface area contributed by atoms with Crippen LogP contribution in [0.2, 0.25) is 0 Å². The number of piperazine rings is 1. The summed E-state index contributed by atoms with van der Waals surface area (Å²) < 4.78 is 1.83. The first-order valence-corrected chi connectivity index (χ1v) is 8.98. The van der Waals surface area contributed by atoms with Crippen LogP contribution in [0.1, 0.15) is 22.8 Å². The first-order chi connectivity index (χ1) is 12.7. The fraction of sp³-hybridized carbons (Fsp3) is 0.368. The number of rotatable bonds is 4. The van der Waals surface area contributed by atoms with Crippen LogP contribution in [-0.4, -0.2) is 61.9 Å². The van der Waals surface area contributed by atoms with Crippen LogP contribution in [-0.2, 0) is 13.1 Å². The summed E-state index contributed by atoms with van der Waals surface area (Å²) in [4.78, 5) is 21.3. The van der Waals surface area contributed by atoms with Gasteiger partial charge in [0, 0.05) is 57.2 Å². The molecule has 0 spiro atoms. The Morgan fingerprint density at radius 3 is 2.73 bits per heavy atom. The standard InChI is InChI=1S/C19H22N6O/c1-2-25-18-6-5-16(12-17(18)21-22-25)19(26)24-10-8-23(9-11-24)14-15-4-3-7-20-13-15/h3-7,12-13H,2,8-11,14H2,1H3. The Hall–Kier alpha value is -2.80. The Morgan fingerprint density at radius 2 is 2.00 bits per heavy atom. The number of hydrogen-bond acceptors (Lipinski definition) is 5. The lowest BCUT2D eigenvalue weighted by atomic mass is 10.1. The molecule has 1 fully saturated rings. The SMILES string of the molecule is CCn1nnc2cc(C(=O)N3CCN(Cc4cccnc4)CC3)ccc21. The highest BCUT2D eigenvalue weighted by Crippen LogP contribution is 2.16. The molecule has 0 aliphatic carbocycles. The van der Waals surface area contributed by atoms with E-state index in [0.29, 0.717) is 5.56 Å². The molecule has 0 unspecified atom stereocenters. The van der Waals surface area contributed by atoms with Crippen LogP contribution in [0.5, 0.6) is 0 Å². The van der Waals surface area contributed by atoms with Crippen molar-refractivity contribution < 1.29 is 4.79 Å². The molecule has 0 N–H and O–H groups in total.